The summed E-state index contributed by atoms with van der Waals surface area (Å²) in [7, 11) is -1.49. The molecule has 0 amide bonds. The molecule has 2 aliphatic rings. The third kappa shape index (κ3) is 3.28. The SMILES string of the molecule is CNC[C@H]1CCCN1S(=O)(=O)N1C[C@@H](C)O[C@@H](C)C1. The minimum absolute atomic E-state index is 0.0381. The van der Waals surface area contributed by atoms with Gasteiger partial charge in [0.25, 0.3) is 10.2 Å². The number of nitrogens with zero attached hydrogens (tertiary/aromatic N) is 2. The van der Waals surface area contributed by atoms with Crippen molar-refractivity contribution in [2.75, 3.05) is 33.2 Å². The smallest absolute Gasteiger partial charge is 0.282 e. The standard InChI is InChI=1S/C12H25N3O3S/c1-10-8-14(9-11(2)18-10)19(16,17)15-6-4-5-12(15)7-13-3/h10-13H,4-9H2,1-3H3/t10-,11+,12-/m1/s1. The highest BCUT2D eigenvalue weighted by Crippen LogP contribution is 2.25. The van der Waals surface area contributed by atoms with Crippen molar-refractivity contribution < 1.29 is 13.2 Å². The first-order valence-electron chi connectivity index (χ1n) is 7.02. The first kappa shape index (κ1) is 15.2. The lowest BCUT2D eigenvalue weighted by Crippen LogP contribution is -2.54. The van der Waals surface area contributed by atoms with E-state index in [1.54, 1.807) is 8.61 Å². The predicted octanol–water partition coefficient (Wildman–Crippen LogP) is 0.0242. The van der Waals surface area contributed by atoms with Crippen LogP contribution in [0.15, 0.2) is 0 Å². The van der Waals surface area contributed by atoms with Gasteiger partial charge in [0, 0.05) is 32.2 Å². The highest BCUT2D eigenvalue weighted by atomic mass is 32.2. The summed E-state index contributed by atoms with van der Waals surface area (Å²) in [4.78, 5) is 0. The van der Waals surface area contributed by atoms with Crippen molar-refractivity contribution in [2.45, 2.75) is 44.9 Å². The minimum Gasteiger partial charge on any atom is -0.373 e. The van der Waals surface area contributed by atoms with E-state index in [2.05, 4.69) is 5.32 Å². The van der Waals surface area contributed by atoms with Gasteiger partial charge in [-0.05, 0) is 33.7 Å². The van der Waals surface area contributed by atoms with Gasteiger partial charge < -0.3 is 10.1 Å². The zero-order chi connectivity index (χ0) is 14.0. The van der Waals surface area contributed by atoms with Gasteiger partial charge in [-0.2, -0.15) is 17.0 Å². The average molecular weight is 291 g/mol. The maximum atomic E-state index is 12.7. The van der Waals surface area contributed by atoms with Gasteiger partial charge in [-0.25, -0.2) is 0 Å². The van der Waals surface area contributed by atoms with Crippen LogP contribution in [0.2, 0.25) is 0 Å². The van der Waals surface area contributed by atoms with Crippen LogP contribution in [-0.2, 0) is 14.9 Å². The van der Waals surface area contributed by atoms with Crippen molar-refractivity contribution in [1.82, 2.24) is 13.9 Å². The van der Waals surface area contributed by atoms with E-state index in [0.717, 1.165) is 12.8 Å². The van der Waals surface area contributed by atoms with Gasteiger partial charge in [0.1, 0.15) is 0 Å². The fourth-order valence-electron chi connectivity index (χ4n) is 3.02. The van der Waals surface area contributed by atoms with E-state index >= 15 is 0 Å². The molecule has 0 bridgehead atoms. The molecule has 112 valence electrons. The van der Waals surface area contributed by atoms with Crippen LogP contribution in [0.4, 0.5) is 0 Å². The maximum absolute atomic E-state index is 12.7. The molecule has 2 saturated heterocycles. The van der Waals surface area contributed by atoms with Crippen LogP contribution in [0.3, 0.4) is 0 Å². The third-order valence-electron chi connectivity index (χ3n) is 3.77. The number of likely N-dealkylation sites (N-methyl/N-ethyl adjacent to an activating group) is 1. The van der Waals surface area contributed by atoms with Crippen molar-refractivity contribution in [1.29, 1.82) is 0 Å². The Morgan fingerprint density at radius 2 is 1.89 bits per heavy atom. The number of nitrogens with one attached hydrogen (secondary N) is 1. The lowest BCUT2D eigenvalue weighted by atomic mass is 10.2. The van der Waals surface area contributed by atoms with E-state index in [9.17, 15) is 8.42 Å². The second kappa shape index (κ2) is 6.05. The molecule has 2 aliphatic heterocycles. The highest BCUT2D eigenvalue weighted by molar-refractivity contribution is 7.86. The van der Waals surface area contributed by atoms with E-state index in [0.29, 0.717) is 26.2 Å². The molecule has 0 unspecified atom stereocenters. The molecule has 6 nitrogen and oxygen atoms in total. The molecule has 7 heteroatoms. The number of rotatable bonds is 4. The van der Waals surface area contributed by atoms with Crippen molar-refractivity contribution in [3.63, 3.8) is 0 Å². The molecule has 19 heavy (non-hydrogen) atoms. The monoisotopic (exact) mass is 291 g/mol. The Bertz CT molecular complexity index is 391. The lowest BCUT2D eigenvalue weighted by molar-refractivity contribution is -0.0455. The molecule has 0 radical (unpaired) electrons. The fraction of sp³-hybridized carbons (Fsp3) is 1.00. The summed E-state index contributed by atoms with van der Waals surface area (Å²) in [5, 5.41) is 3.08. The van der Waals surface area contributed by atoms with Crippen LogP contribution >= 0.6 is 0 Å². The number of ether oxygens (including phenoxy) is 1. The van der Waals surface area contributed by atoms with Gasteiger partial charge in [0.15, 0.2) is 0 Å². The lowest BCUT2D eigenvalue weighted by Gasteiger charge is -2.37. The van der Waals surface area contributed by atoms with E-state index in [-0.39, 0.29) is 18.2 Å². The van der Waals surface area contributed by atoms with Gasteiger partial charge in [-0.15, -0.1) is 0 Å². The zero-order valence-corrected chi connectivity index (χ0v) is 12.8. The van der Waals surface area contributed by atoms with E-state index in [1.807, 2.05) is 20.9 Å². The predicted molar refractivity (Wildman–Crippen MR) is 74.2 cm³/mol. The van der Waals surface area contributed by atoms with Crippen LogP contribution in [0.5, 0.6) is 0 Å². The summed E-state index contributed by atoms with van der Waals surface area (Å²) in [6.45, 7) is 6.11. The minimum atomic E-state index is -3.35. The molecule has 0 aromatic heterocycles. The Morgan fingerprint density at radius 1 is 1.26 bits per heavy atom. The molecular formula is C12H25N3O3S. The number of hydrogen-bond donors (Lipinski definition) is 1. The Kier molecular flexibility index (Phi) is 4.84. The molecule has 3 atom stereocenters. The van der Waals surface area contributed by atoms with E-state index in [1.165, 1.54) is 0 Å². The number of hydrogen-bond acceptors (Lipinski definition) is 4. The van der Waals surface area contributed by atoms with Crippen LogP contribution < -0.4 is 5.32 Å². The molecule has 1 N–H and O–H groups in total. The summed E-state index contributed by atoms with van der Waals surface area (Å²) in [5.41, 5.74) is 0. The van der Waals surface area contributed by atoms with Crippen LogP contribution in [0.1, 0.15) is 26.7 Å². The Labute approximate surface area is 116 Å². The molecule has 2 heterocycles. The Balaban J connectivity index is 2.12. The van der Waals surface area contributed by atoms with Crippen molar-refractivity contribution in [3.05, 3.63) is 0 Å². The topological polar surface area (TPSA) is 61.9 Å². The summed E-state index contributed by atoms with van der Waals surface area (Å²) in [5.74, 6) is 0. The quantitative estimate of drug-likeness (QED) is 0.793. The average Bonchev–Trinajstić information content (AvgIpc) is 2.77. The molecule has 0 aromatic rings. The van der Waals surface area contributed by atoms with E-state index in [4.69, 9.17) is 4.74 Å². The third-order valence-corrected chi connectivity index (χ3v) is 5.80. The van der Waals surface area contributed by atoms with Gasteiger partial charge in [0.2, 0.25) is 0 Å². The highest BCUT2D eigenvalue weighted by Gasteiger charge is 2.40. The molecule has 2 fully saturated rings. The van der Waals surface area contributed by atoms with Crippen molar-refractivity contribution in [2.24, 2.45) is 0 Å². The first-order chi connectivity index (χ1) is 8.95. The summed E-state index contributed by atoms with van der Waals surface area (Å²) >= 11 is 0. The van der Waals surface area contributed by atoms with Gasteiger partial charge in [-0.3, -0.25) is 0 Å². The molecule has 0 aliphatic carbocycles. The van der Waals surface area contributed by atoms with E-state index < -0.39 is 10.2 Å². The van der Waals surface area contributed by atoms with Crippen molar-refractivity contribution >= 4 is 10.2 Å². The first-order valence-corrected chi connectivity index (χ1v) is 8.41. The summed E-state index contributed by atoms with van der Waals surface area (Å²) in [6.07, 6.45) is 1.81. The zero-order valence-electron chi connectivity index (χ0n) is 12.0. The maximum Gasteiger partial charge on any atom is 0.282 e. The van der Waals surface area contributed by atoms with Gasteiger partial charge in [-0.1, -0.05) is 0 Å². The van der Waals surface area contributed by atoms with Gasteiger partial charge in [0.05, 0.1) is 12.2 Å². The molecule has 2 rings (SSSR count). The van der Waals surface area contributed by atoms with Crippen LogP contribution in [0.25, 0.3) is 0 Å². The molecule has 0 spiro atoms. The van der Waals surface area contributed by atoms with Gasteiger partial charge >= 0.3 is 0 Å². The second-order valence-corrected chi connectivity index (χ2v) is 7.43. The molecular weight excluding hydrogens is 266 g/mol. The summed E-state index contributed by atoms with van der Waals surface area (Å²) in [6, 6.07) is 0.0865. The van der Waals surface area contributed by atoms with Crippen molar-refractivity contribution in [3.8, 4) is 0 Å². The number of morpholine rings is 1. The second-order valence-electron chi connectivity index (χ2n) is 5.55. The molecule has 0 aromatic carbocycles. The Morgan fingerprint density at radius 3 is 2.47 bits per heavy atom. The fourth-order valence-corrected chi connectivity index (χ4v) is 5.03. The van der Waals surface area contributed by atoms with Crippen LogP contribution in [-0.4, -0.2) is 68.5 Å². The largest absolute Gasteiger partial charge is 0.373 e. The Hall–Kier alpha value is -0.210. The normalized spacial score (nSPS) is 34.8. The summed E-state index contributed by atoms with van der Waals surface area (Å²) < 4.78 is 34.3. The van der Waals surface area contributed by atoms with Crippen LogP contribution in [0, 0.1) is 0 Å². The molecule has 0 saturated carbocycles.